The Labute approximate surface area is 212 Å². The van der Waals surface area contributed by atoms with Crippen LogP contribution in [0.1, 0.15) is 40.9 Å². The van der Waals surface area contributed by atoms with Gasteiger partial charge in [0.25, 0.3) is 0 Å². The van der Waals surface area contributed by atoms with Crippen LogP contribution in [0, 0.1) is 18.3 Å². The minimum atomic E-state index is -1.12. The second-order valence-corrected chi connectivity index (χ2v) is 9.76. The minimum Gasteiger partial charge on any atom is -0.507 e. The van der Waals surface area contributed by atoms with Crippen molar-refractivity contribution in [3.63, 3.8) is 0 Å². The van der Waals surface area contributed by atoms with Gasteiger partial charge in [0.05, 0.1) is 44.5 Å². The third kappa shape index (κ3) is 2.94. The molecule has 5 atom stereocenters. The van der Waals surface area contributed by atoms with E-state index in [2.05, 4.69) is 6.07 Å². The summed E-state index contributed by atoms with van der Waals surface area (Å²) in [4.78, 5) is 43.8. The van der Waals surface area contributed by atoms with Gasteiger partial charge in [-0.2, -0.15) is 5.26 Å². The van der Waals surface area contributed by atoms with Crippen molar-refractivity contribution in [2.45, 2.75) is 50.5 Å². The third-order valence-corrected chi connectivity index (χ3v) is 8.28. The van der Waals surface area contributed by atoms with E-state index in [-0.39, 0.29) is 62.8 Å². The first-order valence-electron chi connectivity index (χ1n) is 11.8. The fourth-order valence-corrected chi connectivity index (χ4v) is 6.71. The zero-order valence-corrected chi connectivity index (χ0v) is 21.0. The van der Waals surface area contributed by atoms with Crippen molar-refractivity contribution in [1.29, 1.82) is 5.26 Å². The smallest absolute Gasteiger partial charge is 0.226 e. The highest BCUT2D eigenvalue weighted by atomic mass is 16.5. The summed E-state index contributed by atoms with van der Waals surface area (Å²) in [5.74, 6) is -2.30. The molecule has 5 rings (SSSR count). The van der Waals surface area contributed by atoms with Crippen LogP contribution >= 0.6 is 0 Å². The molecule has 5 unspecified atom stereocenters. The van der Waals surface area contributed by atoms with E-state index in [1.807, 2.05) is 0 Å². The summed E-state index contributed by atoms with van der Waals surface area (Å²) >= 11 is 0. The summed E-state index contributed by atoms with van der Waals surface area (Å²) in [6.45, 7) is 2.41. The van der Waals surface area contributed by atoms with Gasteiger partial charge >= 0.3 is 0 Å². The number of ether oxygens (including phenoxy) is 2. The van der Waals surface area contributed by atoms with Crippen molar-refractivity contribution in [3.05, 3.63) is 39.2 Å². The molecule has 1 fully saturated rings. The highest BCUT2D eigenvalue weighted by Gasteiger charge is 2.60. The number of benzene rings is 1. The van der Waals surface area contributed by atoms with Crippen LogP contribution < -0.4 is 4.74 Å². The number of allylic oxidation sites excluding steroid dienone is 2. The predicted molar refractivity (Wildman–Crippen MR) is 127 cm³/mol. The fourth-order valence-electron chi connectivity index (χ4n) is 6.71. The van der Waals surface area contributed by atoms with Crippen LogP contribution in [-0.4, -0.2) is 94.5 Å². The van der Waals surface area contributed by atoms with Gasteiger partial charge in [-0.05, 0) is 27.3 Å². The topological polar surface area (TPSA) is 161 Å². The van der Waals surface area contributed by atoms with E-state index in [1.54, 1.807) is 16.8 Å². The van der Waals surface area contributed by atoms with Gasteiger partial charge in [0.1, 0.15) is 17.8 Å². The second-order valence-electron chi connectivity index (χ2n) is 9.76. The van der Waals surface area contributed by atoms with E-state index in [1.165, 1.54) is 28.1 Å². The van der Waals surface area contributed by atoms with Crippen molar-refractivity contribution in [3.8, 4) is 23.3 Å². The number of methoxy groups -OCH3 is 2. The van der Waals surface area contributed by atoms with Crippen LogP contribution in [0.4, 0.5) is 0 Å². The second kappa shape index (κ2) is 8.41. The van der Waals surface area contributed by atoms with E-state index >= 15 is 0 Å². The zero-order chi connectivity index (χ0) is 27.1. The lowest BCUT2D eigenvalue weighted by atomic mass is 9.69. The van der Waals surface area contributed by atoms with E-state index in [0.717, 1.165) is 0 Å². The molecule has 0 radical (unpaired) electrons. The molecule has 1 aliphatic carbocycles. The number of phenols is 2. The van der Waals surface area contributed by atoms with Gasteiger partial charge in [0.15, 0.2) is 28.8 Å². The predicted octanol–water partition coefficient (Wildman–Crippen LogP) is 0.662. The van der Waals surface area contributed by atoms with E-state index in [9.17, 15) is 35.0 Å². The van der Waals surface area contributed by atoms with Crippen molar-refractivity contribution < 1.29 is 39.2 Å². The Hall–Kier alpha value is -3.72. The Bertz CT molecular complexity index is 1390. The number of nitrogens with zero attached hydrogens (tertiary/aromatic N) is 3. The summed E-state index contributed by atoms with van der Waals surface area (Å²) in [5, 5.41) is 43.0. The Morgan fingerprint density at radius 1 is 1.05 bits per heavy atom. The van der Waals surface area contributed by atoms with Gasteiger partial charge in [-0.25, -0.2) is 0 Å². The molecule has 37 heavy (non-hydrogen) atoms. The lowest BCUT2D eigenvalue weighted by Gasteiger charge is -2.59. The molecule has 0 saturated carbocycles. The summed E-state index contributed by atoms with van der Waals surface area (Å²) in [7, 11) is 4.26. The van der Waals surface area contributed by atoms with Crippen LogP contribution in [0.25, 0.3) is 0 Å². The van der Waals surface area contributed by atoms with Crippen LogP contribution in [-0.2, 0) is 14.3 Å². The number of phenolic OH excluding ortho intramolecular Hbond substituents is 2. The third-order valence-electron chi connectivity index (χ3n) is 8.28. The van der Waals surface area contributed by atoms with Gasteiger partial charge < -0.3 is 24.8 Å². The first-order chi connectivity index (χ1) is 17.6. The molecule has 0 aromatic heterocycles. The number of piperazine rings is 1. The monoisotopic (exact) mass is 509 g/mol. The Kier molecular flexibility index (Phi) is 5.67. The number of carbonyl (C=O) groups is 3. The van der Waals surface area contributed by atoms with Crippen LogP contribution in [0.5, 0.6) is 17.2 Å². The number of fused-ring (bicyclic) bond motifs is 6. The largest absolute Gasteiger partial charge is 0.507 e. The number of aliphatic hydroxyl groups excluding tert-OH is 1. The maximum atomic E-state index is 13.8. The number of hydrogen-bond acceptors (Lipinski definition) is 11. The number of likely N-dealkylation sites (N-methyl/N-ethyl adjacent to an activating group) is 1. The van der Waals surface area contributed by atoms with Crippen molar-refractivity contribution in [1.82, 2.24) is 9.80 Å². The standard InChI is InChI=1S/C26H27N3O8/c1-9-20(31)11-6-12-18-16-17(21(32)10(2)26(37-5)24(16)35)22(33)19(28(18)3)13(7-27)29(12)14(8-30)15(11)23(34)25(9)36-4/h12-14,18-19,30,32,35H,6,8H2,1-5H3. The molecule has 3 aliphatic heterocycles. The summed E-state index contributed by atoms with van der Waals surface area (Å²) in [5.41, 5.74) is 0.613. The van der Waals surface area contributed by atoms with Crippen LogP contribution in [0.15, 0.2) is 22.5 Å². The van der Waals surface area contributed by atoms with E-state index in [4.69, 9.17) is 9.47 Å². The lowest BCUT2D eigenvalue weighted by molar-refractivity contribution is -0.122. The number of nitriles is 1. The number of carbonyl (C=O) groups excluding carboxylic acids is 3. The molecule has 3 heterocycles. The first kappa shape index (κ1) is 25.0. The molecular weight excluding hydrogens is 482 g/mol. The molecule has 11 heteroatoms. The van der Waals surface area contributed by atoms with Crippen LogP contribution in [0.3, 0.4) is 0 Å². The van der Waals surface area contributed by atoms with Gasteiger partial charge in [0.2, 0.25) is 5.78 Å². The molecule has 1 aromatic rings. The maximum Gasteiger partial charge on any atom is 0.226 e. The normalized spacial score (nSPS) is 29.5. The molecule has 1 saturated heterocycles. The molecule has 194 valence electrons. The molecule has 3 N–H and O–H groups in total. The Morgan fingerprint density at radius 3 is 2.30 bits per heavy atom. The molecule has 11 nitrogen and oxygen atoms in total. The number of ketones is 3. The molecule has 1 aromatic carbocycles. The Morgan fingerprint density at radius 2 is 1.73 bits per heavy atom. The van der Waals surface area contributed by atoms with Crippen LogP contribution in [0.2, 0.25) is 0 Å². The Balaban J connectivity index is 1.80. The molecule has 4 aliphatic rings. The number of aromatic hydroxyl groups is 2. The van der Waals surface area contributed by atoms with E-state index in [0.29, 0.717) is 0 Å². The van der Waals surface area contributed by atoms with E-state index < -0.39 is 54.2 Å². The summed E-state index contributed by atoms with van der Waals surface area (Å²) in [6, 6.07) is -2.58. The average molecular weight is 510 g/mol. The molecular formula is C26H27N3O8. The van der Waals surface area contributed by atoms with Gasteiger partial charge in [-0.15, -0.1) is 0 Å². The summed E-state index contributed by atoms with van der Waals surface area (Å²) < 4.78 is 10.5. The SMILES string of the molecule is COC1=C(C)C(=O)C2=C(C1=O)C(CO)N1C(C#N)C3C(=O)c4c(O)c(C)c(OC)c(O)c4C(C1C2)N3C. The fraction of sp³-hybridized carbons (Fsp3) is 0.462. The average Bonchev–Trinajstić information content (AvgIpc) is 2.87. The molecule has 2 bridgehead atoms. The first-order valence-corrected chi connectivity index (χ1v) is 11.8. The number of rotatable bonds is 3. The molecule has 0 amide bonds. The number of Topliss-reactive ketones (excluding diaryl/α,β-unsaturated/α-hetero) is 3. The highest BCUT2D eigenvalue weighted by Crippen LogP contribution is 2.56. The maximum absolute atomic E-state index is 13.8. The number of aliphatic hydroxyl groups is 1. The van der Waals surface area contributed by atoms with Gasteiger partial charge in [-0.1, -0.05) is 0 Å². The van der Waals surface area contributed by atoms with Crippen molar-refractivity contribution >= 4 is 17.3 Å². The summed E-state index contributed by atoms with van der Waals surface area (Å²) in [6.07, 6.45) is 0.00860. The van der Waals surface area contributed by atoms with Crippen molar-refractivity contribution in [2.24, 2.45) is 0 Å². The quantitative estimate of drug-likeness (QED) is 0.388. The zero-order valence-electron chi connectivity index (χ0n) is 21.0. The van der Waals surface area contributed by atoms with Crippen molar-refractivity contribution in [2.75, 3.05) is 27.9 Å². The molecule has 0 spiro atoms. The lowest BCUT2D eigenvalue weighted by Crippen LogP contribution is -2.72. The minimum absolute atomic E-state index is 0.00622. The number of hydrogen-bond donors (Lipinski definition) is 3. The van der Waals surface area contributed by atoms with Gasteiger partial charge in [0, 0.05) is 33.9 Å². The van der Waals surface area contributed by atoms with Gasteiger partial charge in [-0.3, -0.25) is 24.2 Å². The highest BCUT2D eigenvalue weighted by molar-refractivity contribution is 6.25.